The van der Waals surface area contributed by atoms with Gasteiger partial charge in [-0.15, -0.1) is 11.8 Å². The molecule has 2 aromatic carbocycles. The maximum Gasteiger partial charge on any atom is 0.257 e. The van der Waals surface area contributed by atoms with Crippen LogP contribution in [0, 0.1) is 0 Å². The number of hydrogen-bond donors (Lipinski definition) is 2. The van der Waals surface area contributed by atoms with Crippen molar-refractivity contribution in [1.29, 1.82) is 0 Å². The minimum atomic E-state index is -0.193. The number of carbonyl (C=O) groups is 2. The topological polar surface area (TPSA) is 67.4 Å². The van der Waals surface area contributed by atoms with Gasteiger partial charge in [0.05, 0.1) is 5.69 Å². The summed E-state index contributed by atoms with van der Waals surface area (Å²) in [6.45, 7) is 1.90. The maximum atomic E-state index is 11.8. The second-order valence-corrected chi connectivity index (χ2v) is 6.15. The van der Waals surface area contributed by atoms with Crippen LogP contribution in [0.2, 0.25) is 0 Å². The van der Waals surface area contributed by atoms with Crippen LogP contribution in [0.25, 0.3) is 0 Å². The zero-order valence-corrected chi connectivity index (χ0v) is 14.3. The van der Waals surface area contributed by atoms with Crippen LogP contribution < -0.4 is 15.4 Å². The van der Waals surface area contributed by atoms with Crippen LogP contribution in [-0.4, -0.2) is 30.7 Å². The monoisotopic (exact) mass is 344 g/mol. The number of benzene rings is 2. The van der Waals surface area contributed by atoms with Crippen molar-refractivity contribution in [2.75, 3.05) is 24.2 Å². The van der Waals surface area contributed by atoms with Crippen LogP contribution >= 0.6 is 11.8 Å². The van der Waals surface area contributed by atoms with Gasteiger partial charge in [0.15, 0.2) is 6.61 Å². The Hall–Kier alpha value is -2.47. The zero-order chi connectivity index (χ0) is 17.2. The summed E-state index contributed by atoms with van der Waals surface area (Å²) < 4.78 is 5.48. The quantitative estimate of drug-likeness (QED) is 0.571. The predicted molar refractivity (Wildman–Crippen MR) is 96.4 cm³/mol. The third kappa shape index (κ3) is 6.34. The van der Waals surface area contributed by atoms with E-state index in [2.05, 4.69) is 10.6 Å². The Morgan fingerprint density at radius 1 is 1.04 bits per heavy atom. The number of hydrogen-bond acceptors (Lipinski definition) is 4. The fourth-order valence-electron chi connectivity index (χ4n) is 1.96. The molecule has 6 heteroatoms. The molecule has 0 heterocycles. The number of carbonyl (C=O) groups excluding carboxylic acids is 2. The van der Waals surface area contributed by atoms with Crippen molar-refractivity contribution in [3.05, 3.63) is 54.6 Å². The second-order valence-electron chi connectivity index (χ2n) is 4.98. The number of anilines is 1. The molecular formula is C18H20N2O3S. The molecule has 0 spiro atoms. The predicted octanol–water partition coefficient (Wildman–Crippen LogP) is 2.93. The van der Waals surface area contributed by atoms with E-state index in [0.29, 0.717) is 18.0 Å². The second kappa shape index (κ2) is 9.62. The SMILES string of the molecule is CC(=O)Nc1ccccc1OCC(=O)NCCSc1ccccc1. The zero-order valence-electron chi connectivity index (χ0n) is 13.5. The molecule has 0 saturated carbocycles. The van der Waals surface area contributed by atoms with Crippen molar-refractivity contribution in [1.82, 2.24) is 5.32 Å². The fraction of sp³-hybridized carbons (Fsp3) is 0.222. The van der Waals surface area contributed by atoms with Gasteiger partial charge in [-0.25, -0.2) is 0 Å². The van der Waals surface area contributed by atoms with E-state index < -0.39 is 0 Å². The van der Waals surface area contributed by atoms with Gasteiger partial charge in [-0.2, -0.15) is 0 Å². The van der Waals surface area contributed by atoms with Gasteiger partial charge in [-0.1, -0.05) is 30.3 Å². The van der Waals surface area contributed by atoms with Crippen molar-refractivity contribution < 1.29 is 14.3 Å². The van der Waals surface area contributed by atoms with Crippen molar-refractivity contribution in [3.63, 3.8) is 0 Å². The molecular weight excluding hydrogens is 324 g/mol. The molecule has 5 nitrogen and oxygen atoms in total. The molecule has 0 unspecified atom stereocenters. The van der Waals surface area contributed by atoms with Gasteiger partial charge in [-0.3, -0.25) is 9.59 Å². The number of nitrogens with one attached hydrogen (secondary N) is 2. The lowest BCUT2D eigenvalue weighted by Gasteiger charge is -2.11. The molecule has 2 amide bonds. The summed E-state index contributed by atoms with van der Waals surface area (Å²) in [4.78, 5) is 24.1. The van der Waals surface area contributed by atoms with Crippen molar-refractivity contribution in [2.24, 2.45) is 0 Å². The highest BCUT2D eigenvalue weighted by Crippen LogP contribution is 2.23. The number of thioether (sulfide) groups is 1. The van der Waals surface area contributed by atoms with Crippen molar-refractivity contribution >= 4 is 29.3 Å². The third-order valence-electron chi connectivity index (χ3n) is 2.99. The van der Waals surface area contributed by atoms with E-state index in [0.717, 1.165) is 5.75 Å². The molecule has 0 aromatic heterocycles. The van der Waals surface area contributed by atoms with E-state index >= 15 is 0 Å². The molecule has 0 aliphatic carbocycles. The first-order chi connectivity index (χ1) is 11.6. The summed E-state index contributed by atoms with van der Waals surface area (Å²) in [6.07, 6.45) is 0. The molecule has 0 atom stereocenters. The molecule has 0 bridgehead atoms. The molecule has 0 radical (unpaired) electrons. The largest absolute Gasteiger partial charge is 0.482 e. The summed E-state index contributed by atoms with van der Waals surface area (Å²) in [5.74, 6) is 0.884. The Balaban J connectivity index is 1.70. The van der Waals surface area contributed by atoms with Crippen LogP contribution in [0.5, 0.6) is 5.75 Å². The van der Waals surface area contributed by atoms with Crippen LogP contribution in [0.15, 0.2) is 59.5 Å². The number of ether oxygens (including phenoxy) is 1. The lowest BCUT2D eigenvalue weighted by molar-refractivity contribution is -0.122. The van der Waals surface area contributed by atoms with E-state index in [4.69, 9.17) is 4.74 Å². The van der Waals surface area contributed by atoms with Crippen molar-refractivity contribution in [3.8, 4) is 5.75 Å². The van der Waals surface area contributed by atoms with Gasteiger partial charge in [0.1, 0.15) is 5.75 Å². The first-order valence-electron chi connectivity index (χ1n) is 7.59. The van der Waals surface area contributed by atoms with E-state index in [1.165, 1.54) is 11.8 Å². The molecule has 126 valence electrons. The number of para-hydroxylation sites is 2. The highest BCUT2D eigenvalue weighted by molar-refractivity contribution is 7.99. The Morgan fingerprint density at radius 3 is 2.50 bits per heavy atom. The molecule has 0 aliphatic heterocycles. The average molecular weight is 344 g/mol. The summed E-state index contributed by atoms with van der Waals surface area (Å²) >= 11 is 1.68. The Morgan fingerprint density at radius 2 is 1.75 bits per heavy atom. The van der Waals surface area contributed by atoms with Crippen LogP contribution in [0.3, 0.4) is 0 Å². The normalized spacial score (nSPS) is 10.0. The minimum Gasteiger partial charge on any atom is -0.482 e. The molecule has 2 N–H and O–H groups in total. The van der Waals surface area contributed by atoms with Crippen LogP contribution in [0.4, 0.5) is 5.69 Å². The minimum absolute atomic E-state index is 0.0907. The first kappa shape index (κ1) is 17.9. The average Bonchev–Trinajstić information content (AvgIpc) is 2.58. The maximum absolute atomic E-state index is 11.8. The first-order valence-corrected chi connectivity index (χ1v) is 8.57. The lowest BCUT2D eigenvalue weighted by Crippen LogP contribution is -2.30. The van der Waals surface area contributed by atoms with Gasteiger partial charge >= 0.3 is 0 Å². The van der Waals surface area contributed by atoms with E-state index in [1.807, 2.05) is 30.3 Å². The molecule has 0 aliphatic rings. The molecule has 2 rings (SSSR count). The fourth-order valence-corrected chi connectivity index (χ4v) is 2.75. The van der Waals surface area contributed by atoms with E-state index in [-0.39, 0.29) is 18.4 Å². The molecule has 24 heavy (non-hydrogen) atoms. The van der Waals surface area contributed by atoms with Gasteiger partial charge in [0, 0.05) is 24.1 Å². The number of amides is 2. The van der Waals surface area contributed by atoms with Gasteiger partial charge in [0.2, 0.25) is 5.91 Å². The summed E-state index contributed by atoms with van der Waals surface area (Å²) in [6, 6.07) is 17.0. The highest BCUT2D eigenvalue weighted by Gasteiger charge is 2.07. The Kier molecular flexibility index (Phi) is 7.17. The van der Waals surface area contributed by atoms with Gasteiger partial charge in [0.25, 0.3) is 5.91 Å². The highest BCUT2D eigenvalue weighted by atomic mass is 32.2. The molecule has 0 saturated heterocycles. The van der Waals surface area contributed by atoms with Gasteiger partial charge < -0.3 is 15.4 Å². The standard InChI is InChI=1S/C18H20N2O3S/c1-14(21)20-16-9-5-6-10-17(16)23-13-18(22)19-11-12-24-15-7-3-2-4-8-15/h2-10H,11-13H2,1H3,(H,19,22)(H,20,21). The van der Waals surface area contributed by atoms with Crippen LogP contribution in [0.1, 0.15) is 6.92 Å². The summed E-state index contributed by atoms with van der Waals surface area (Å²) in [5, 5.41) is 5.48. The number of rotatable bonds is 8. The van der Waals surface area contributed by atoms with E-state index in [1.54, 1.807) is 36.0 Å². The van der Waals surface area contributed by atoms with E-state index in [9.17, 15) is 9.59 Å². The summed E-state index contributed by atoms with van der Waals surface area (Å²) in [7, 11) is 0. The molecule has 2 aromatic rings. The van der Waals surface area contributed by atoms with Crippen LogP contribution in [-0.2, 0) is 9.59 Å². The Labute approximate surface area is 145 Å². The Bertz CT molecular complexity index is 677. The van der Waals surface area contributed by atoms with Gasteiger partial charge in [-0.05, 0) is 24.3 Å². The van der Waals surface area contributed by atoms with Crippen molar-refractivity contribution in [2.45, 2.75) is 11.8 Å². The molecule has 0 fully saturated rings. The lowest BCUT2D eigenvalue weighted by atomic mass is 10.3. The smallest absolute Gasteiger partial charge is 0.257 e. The third-order valence-corrected chi connectivity index (χ3v) is 4.01. The summed E-state index contributed by atoms with van der Waals surface area (Å²) in [5.41, 5.74) is 0.553.